The summed E-state index contributed by atoms with van der Waals surface area (Å²) >= 11 is 0.786. The molecule has 5 unspecified atom stereocenters. The maximum Gasteiger partial charge on any atom is 0.195 e. The maximum absolute atomic E-state index is 12.7. The van der Waals surface area contributed by atoms with Crippen molar-refractivity contribution in [2.75, 3.05) is 13.1 Å². The fourth-order valence-electron chi connectivity index (χ4n) is 6.87. The quantitative estimate of drug-likeness (QED) is 0.601. The van der Waals surface area contributed by atoms with Gasteiger partial charge in [-0.05, 0) is 61.5 Å². The minimum Gasteiger partial charge on any atom is -0.400 e. The van der Waals surface area contributed by atoms with E-state index in [4.69, 9.17) is 5.11 Å². The van der Waals surface area contributed by atoms with Crippen LogP contribution in [-0.2, 0) is 14.4 Å². The van der Waals surface area contributed by atoms with E-state index in [-0.39, 0.29) is 33.6 Å². The Hall–Kier alpha value is -1.31. The lowest BCUT2D eigenvalue weighted by molar-refractivity contribution is -0.132. The van der Waals surface area contributed by atoms with E-state index >= 15 is 0 Å². The first kappa shape index (κ1) is 26.9. The molecule has 0 aliphatic heterocycles. The Morgan fingerprint density at radius 2 is 1.94 bits per heavy atom. The van der Waals surface area contributed by atoms with Gasteiger partial charge in [0, 0.05) is 30.8 Å². The molecule has 32 heavy (non-hydrogen) atoms. The minimum absolute atomic E-state index is 0.0424. The lowest BCUT2D eigenvalue weighted by atomic mass is 9.47. The Bertz CT molecular complexity index is 765. The van der Waals surface area contributed by atoms with Gasteiger partial charge in [-0.2, -0.15) is 0 Å². The molecule has 0 amide bonds. The van der Waals surface area contributed by atoms with E-state index in [1.807, 2.05) is 13.0 Å². The highest BCUT2D eigenvalue weighted by Gasteiger charge is 2.62. The van der Waals surface area contributed by atoms with Gasteiger partial charge in [0.1, 0.15) is 12.3 Å². The average Bonchev–Trinajstić information content (AvgIpc) is 3.12. The van der Waals surface area contributed by atoms with Crippen molar-refractivity contribution in [2.45, 2.75) is 65.4 Å². The summed E-state index contributed by atoms with van der Waals surface area (Å²) in [6, 6.07) is -0.671. The zero-order valence-corrected chi connectivity index (χ0v) is 20.4. The number of fused-ring (bicyclic) bond motifs is 5. The van der Waals surface area contributed by atoms with Crippen molar-refractivity contribution in [2.24, 2.45) is 34.5 Å². The van der Waals surface area contributed by atoms with Crippen molar-refractivity contribution in [3.63, 3.8) is 0 Å². The van der Waals surface area contributed by atoms with Crippen molar-refractivity contribution in [1.29, 1.82) is 0 Å². The molecule has 4 aliphatic rings. The van der Waals surface area contributed by atoms with Gasteiger partial charge < -0.3 is 15.0 Å². The lowest BCUT2D eigenvalue weighted by Gasteiger charge is -2.58. The number of thioether (sulfide) groups is 1. The van der Waals surface area contributed by atoms with E-state index in [0.29, 0.717) is 24.7 Å². The molecule has 2 N–H and O–H groups in total. The Balaban J connectivity index is 0.000000547. The van der Waals surface area contributed by atoms with Gasteiger partial charge in [0.2, 0.25) is 0 Å². The predicted octanol–water partition coefficient (Wildman–Crippen LogP) is 4.27. The molecule has 7 atom stereocenters. The molecule has 5 nitrogen and oxygen atoms in total. The normalized spacial score (nSPS) is 39.2. The summed E-state index contributed by atoms with van der Waals surface area (Å²) in [6.07, 6.45) is 10.6. The van der Waals surface area contributed by atoms with E-state index in [1.165, 1.54) is 0 Å². The molecule has 3 saturated carbocycles. The zero-order chi connectivity index (χ0) is 24.1. The van der Waals surface area contributed by atoms with Crippen LogP contribution in [0, 0.1) is 34.5 Å². The second kappa shape index (κ2) is 11.2. The lowest BCUT2D eigenvalue weighted by Crippen LogP contribution is -2.56. The molecule has 0 aromatic carbocycles. The number of carbonyl (C=O) groups excluding carboxylic acids is 3. The Labute approximate surface area is 194 Å². The van der Waals surface area contributed by atoms with Crippen LogP contribution in [0.1, 0.15) is 59.3 Å². The summed E-state index contributed by atoms with van der Waals surface area (Å²) in [5, 5.41) is 18.1. The van der Waals surface area contributed by atoms with Crippen LogP contribution in [0.3, 0.4) is 0 Å². The van der Waals surface area contributed by atoms with E-state index in [0.717, 1.165) is 56.4 Å². The van der Waals surface area contributed by atoms with Gasteiger partial charge in [0.25, 0.3) is 0 Å². The molecule has 0 bridgehead atoms. The number of aliphatic hydroxyl groups excluding tert-OH is 2. The third-order valence-electron chi connectivity index (χ3n) is 8.14. The third kappa shape index (κ3) is 4.80. The summed E-state index contributed by atoms with van der Waals surface area (Å²) in [5.74, 6) is 0.705. The predicted molar refractivity (Wildman–Crippen MR) is 125 cm³/mol. The monoisotopic (exact) mass is 468 g/mol. The van der Waals surface area contributed by atoms with E-state index in [9.17, 15) is 23.9 Å². The van der Waals surface area contributed by atoms with Gasteiger partial charge in [-0.3, -0.25) is 9.59 Å². The molecule has 4 aliphatic carbocycles. The first-order valence-electron chi connectivity index (χ1n) is 11.5. The van der Waals surface area contributed by atoms with Gasteiger partial charge >= 0.3 is 0 Å². The van der Waals surface area contributed by atoms with Crippen LogP contribution in [0.15, 0.2) is 23.8 Å². The molecule has 0 heterocycles. The van der Waals surface area contributed by atoms with Crippen molar-refractivity contribution in [1.82, 2.24) is 0 Å². The standard InChI is InChI=1S/C21H27FO3S.C3H6O.CH4O/c1-20-8-7-13(23)9-12(20)3-4-14-15-5-6-16(19(25)26-11-22)21(15,2)10-17(24)18(14)20;1-2-3-4;1-2/h7-9,14-18,24H,3-6,10-11H2,1-2H3;3H,2H2,1H3;2H,1H3/t14?,15?,16?,17?,18?,20-,21-;;/m0../s1. The summed E-state index contributed by atoms with van der Waals surface area (Å²) < 4.78 is 12.7. The van der Waals surface area contributed by atoms with Gasteiger partial charge in [-0.15, -0.1) is 0 Å². The van der Waals surface area contributed by atoms with Crippen LogP contribution in [0.4, 0.5) is 4.39 Å². The van der Waals surface area contributed by atoms with Gasteiger partial charge in [0.15, 0.2) is 10.9 Å². The Morgan fingerprint density at radius 3 is 2.53 bits per heavy atom. The van der Waals surface area contributed by atoms with Gasteiger partial charge in [-0.1, -0.05) is 44.2 Å². The molecule has 4 rings (SSSR count). The number of hydrogen-bond donors (Lipinski definition) is 2. The van der Waals surface area contributed by atoms with Crippen molar-refractivity contribution in [3.8, 4) is 0 Å². The molecule has 7 heteroatoms. The summed E-state index contributed by atoms with van der Waals surface area (Å²) in [6.45, 7) is 6.10. The number of ketones is 1. The summed E-state index contributed by atoms with van der Waals surface area (Å²) in [4.78, 5) is 33.5. The molecule has 180 valence electrons. The van der Waals surface area contributed by atoms with Crippen LogP contribution in [0.25, 0.3) is 0 Å². The smallest absolute Gasteiger partial charge is 0.195 e. The molecule has 0 saturated heterocycles. The van der Waals surface area contributed by atoms with Crippen LogP contribution in [-0.4, -0.2) is 46.6 Å². The Kier molecular flexibility index (Phi) is 9.44. The highest BCUT2D eigenvalue weighted by Crippen LogP contribution is 2.66. The van der Waals surface area contributed by atoms with E-state index < -0.39 is 12.1 Å². The van der Waals surface area contributed by atoms with Crippen LogP contribution in [0.5, 0.6) is 0 Å². The fourth-order valence-corrected chi connectivity index (χ4v) is 7.56. The van der Waals surface area contributed by atoms with Gasteiger partial charge in [0.05, 0.1) is 6.10 Å². The largest absolute Gasteiger partial charge is 0.400 e. The van der Waals surface area contributed by atoms with Gasteiger partial charge in [-0.25, -0.2) is 4.39 Å². The maximum atomic E-state index is 12.7. The van der Waals surface area contributed by atoms with Crippen molar-refractivity contribution < 1.29 is 29.0 Å². The number of alkyl halides is 1. The summed E-state index contributed by atoms with van der Waals surface area (Å²) in [7, 11) is 1.00. The fraction of sp³-hybridized carbons (Fsp3) is 0.720. The first-order valence-corrected chi connectivity index (χ1v) is 12.4. The number of hydrogen-bond acceptors (Lipinski definition) is 6. The molecular weight excluding hydrogens is 431 g/mol. The molecular formula is C25H37FO5S. The van der Waals surface area contributed by atoms with Crippen LogP contribution >= 0.6 is 11.8 Å². The second-order valence-corrected chi connectivity index (χ2v) is 10.5. The van der Waals surface area contributed by atoms with E-state index in [2.05, 4.69) is 13.8 Å². The zero-order valence-electron chi connectivity index (χ0n) is 19.6. The van der Waals surface area contributed by atoms with Crippen molar-refractivity contribution >= 4 is 28.9 Å². The van der Waals surface area contributed by atoms with Crippen LogP contribution < -0.4 is 0 Å². The first-order chi connectivity index (χ1) is 15.2. The minimum atomic E-state index is -0.671. The molecule has 0 radical (unpaired) electrons. The average molecular weight is 469 g/mol. The number of rotatable bonds is 3. The number of aldehydes is 1. The molecule has 3 fully saturated rings. The highest BCUT2D eigenvalue weighted by atomic mass is 32.2. The summed E-state index contributed by atoms with van der Waals surface area (Å²) in [5.41, 5.74) is 0.631. The molecule has 0 spiro atoms. The topological polar surface area (TPSA) is 91.7 Å². The SMILES string of the molecule is CCC=O.CO.C[C@]12CC(O)C3C(CCC4=CC(=O)C=C[C@@]43C)C1CCC2C(=O)SCF. The molecule has 0 aromatic heterocycles. The third-order valence-corrected chi connectivity index (χ3v) is 8.82. The number of aliphatic hydroxyl groups is 2. The van der Waals surface area contributed by atoms with E-state index in [1.54, 1.807) is 12.2 Å². The molecule has 0 aromatic rings. The Morgan fingerprint density at radius 1 is 1.28 bits per heavy atom. The highest BCUT2D eigenvalue weighted by molar-refractivity contribution is 8.13. The van der Waals surface area contributed by atoms with Crippen LogP contribution in [0.2, 0.25) is 0 Å². The second-order valence-electron chi connectivity index (χ2n) is 9.58. The number of carbonyl (C=O) groups is 3. The number of allylic oxidation sites excluding steroid dienone is 4. The number of halogens is 1. The van der Waals surface area contributed by atoms with Crippen molar-refractivity contribution in [3.05, 3.63) is 23.8 Å².